The molecule has 2 aromatic carbocycles. The summed E-state index contributed by atoms with van der Waals surface area (Å²) in [7, 11) is 0. The minimum Gasteiger partial charge on any atom is -0.457 e. The van der Waals surface area contributed by atoms with E-state index >= 15 is 0 Å². The molecule has 3 aromatic rings. The number of aromatic amines is 1. The summed E-state index contributed by atoms with van der Waals surface area (Å²) < 4.78 is 5.68. The quantitative estimate of drug-likeness (QED) is 0.794. The monoisotopic (exact) mass is 272 g/mol. The summed E-state index contributed by atoms with van der Waals surface area (Å²) in [4.78, 5) is 0. The van der Waals surface area contributed by atoms with Crippen LogP contribution in [0, 0.1) is 0 Å². The van der Waals surface area contributed by atoms with E-state index < -0.39 is 0 Å². The highest BCUT2D eigenvalue weighted by Gasteiger charge is 2.03. The van der Waals surface area contributed by atoms with Gasteiger partial charge in [-0.1, -0.05) is 11.6 Å². The molecule has 0 saturated heterocycles. The Hall–Kier alpha value is -2.40. The molecule has 5 nitrogen and oxygen atoms in total. The van der Waals surface area contributed by atoms with Crippen LogP contribution in [0.25, 0.3) is 11.4 Å². The third kappa shape index (κ3) is 2.71. The smallest absolute Gasteiger partial charge is 0.204 e. The highest BCUT2D eigenvalue weighted by atomic mass is 35.5. The van der Waals surface area contributed by atoms with Gasteiger partial charge < -0.3 is 4.74 Å². The lowest BCUT2D eigenvalue weighted by atomic mass is 10.2. The summed E-state index contributed by atoms with van der Waals surface area (Å²) in [6, 6.07) is 14.6. The van der Waals surface area contributed by atoms with Crippen molar-refractivity contribution < 1.29 is 4.74 Å². The van der Waals surface area contributed by atoms with Crippen molar-refractivity contribution in [2.75, 3.05) is 0 Å². The van der Waals surface area contributed by atoms with Gasteiger partial charge in [0.1, 0.15) is 11.5 Å². The Morgan fingerprint density at radius 3 is 2.11 bits per heavy atom. The zero-order valence-electron chi connectivity index (χ0n) is 9.75. The van der Waals surface area contributed by atoms with E-state index in [1.165, 1.54) is 0 Å². The van der Waals surface area contributed by atoms with Crippen LogP contribution >= 0.6 is 11.6 Å². The van der Waals surface area contributed by atoms with Crippen molar-refractivity contribution in [3.8, 4) is 22.9 Å². The van der Waals surface area contributed by atoms with Crippen LogP contribution in [0.2, 0.25) is 5.02 Å². The van der Waals surface area contributed by atoms with Gasteiger partial charge in [0.05, 0.1) is 0 Å². The fraction of sp³-hybridized carbons (Fsp3) is 0. The Labute approximate surface area is 114 Å². The first-order valence-electron chi connectivity index (χ1n) is 5.58. The zero-order chi connectivity index (χ0) is 13.1. The number of tetrazole rings is 1. The van der Waals surface area contributed by atoms with Gasteiger partial charge in [-0.15, -0.1) is 10.2 Å². The van der Waals surface area contributed by atoms with Crippen molar-refractivity contribution in [2.45, 2.75) is 0 Å². The number of rotatable bonds is 3. The van der Waals surface area contributed by atoms with Gasteiger partial charge in [-0.25, -0.2) is 0 Å². The van der Waals surface area contributed by atoms with E-state index in [1.54, 1.807) is 12.1 Å². The molecule has 6 heteroatoms. The van der Waals surface area contributed by atoms with Crippen LogP contribution in [0.1, 0.15) is 0 Å². The van der Waals surface area contributed by atoms with Gasteiger partial charge in [0.2, 0.25) is 5.82 Å². The number of nitrogens with one attached hydrogen (secondary N) is 1. The topological polar surface area (TPSA) is 63.7 Å². The molecule has 0 amide bonds. The maximum absolute atomic E-state index is 5.81. The maximum Gasteiger partial charge on any atom is 0.204 e. The van der Waals surface area contributed by atoms with Crippen molar-refractivity contribution in [1.82, 2.24) is 20.6 Å². The molecule has 0 bridgehead atoms. The molecule has 0 atom stereocenters. The van der Waals surface area contributed by atoms with Crippen molar-refractivity contribution in [2.24, 2.45) is 0 Å². The zero-order valence-corrected chi connectivity index (χ0v) is 10.5. The molecule has 0 fully saturated rings. The van der Waals surface area contributed by atoms with E-state index in [4.69, 9.17) is 16.3 Å². The normalized spacial score (nSPS) is 10.4. The van der Waals surface area contributed by atoms with Gasteiger partial charge in [-0.2, -0.15) is 5.21 Å². The number of nitrogens with zero attached hydrogens (tertiary/aromatic N) is 3. The minimum atomic E-state index is 0.554. The van der Waals surface area contributed by atoms with Crippen LogP contribution in [0.3, 0.4) is 0 Å². The van der Waals surface area contributed by atoms with E-state index in [0.29, 0.717) is 10.8 Å². The van der Waals surface area contributed by atoms with Gasteiger partial charge in [0.15, 0.2) is 0 Å². The molecule has 0 aliphatic heterocycles. The standard InChI is InChI=1S/C13H9ClN4O/c14-10-3-7-12(8-4-10)19-11-5-1-9(2-6-11)13-15-17-18-16-13/h1-8H,(H,15,16,17,18). The molecule has 0 unspecified atom stereocenters. The van der Waals surface area contributed by atoms with Crippen LogP contribution in [0.5, 0.6) is 11.5 Å². The van der Waals surface area contributed by atoms with Gasteiger partial charge in [-0.05, 0) is 53.7 Å². The second kappa shape index (κ2) is 5.07. The number of halogens is 1. The molecule has 3 rings (SSSR count). The van der Waals surface area contributed by atoms with Crippen LogP contribution in [0.4, 0.5) is 0 Å². The SMILES string of the molecule is Clc1ccc(Oc2ccc(-c3nn[nH]n3)cc2)cc1. The largest absolute Gasteiger partial charge is 0.457 e. The summed E-state index contributed by atoms with van der Waals surface area (Å²) >= 11 is 5.81. The van der Waals surface area contributed by atoms with Gasteiger partial charge in [-0.3, -0.25) is 0 Å². The van der Waals surface area contributed by atoms with Gasteiger partial charge >= 0.3 is 0 Å². The van der Waals surface area contributed by atoms with Crippen LogP contribution in [-0.4, -0.2) is 20.6 Å². The molecule has 0 aliphatic carbocycles. The highest BCUT2D eigenvalue weighted by Crippen LogP contribution is 2.24. The first-order chi connectivity index (χ1) is 9.31. The molecule has 0 aliphatic rings. The second-order valence-corrected chi connectivity index (χ2v) is 4.25. The van der Waals surface area contributed by atoms with Crippen molar-refractivity contribution in [1.29, 1.82) is 0 Å². The predicted molar refractivity (Wildman–Crippen MR) is 71.1 cm³/mol. The van der Waals surface area contributed by atoms with E-state index in [0.717, 1.165) is 17.1 Å². The third-order valence-corrected chi connectivity index (χ3v) is 2.76. The van der Waals surface area contributed by atoms with Crippen molar-refractivity contribution >= 4 is 11.6 Å². The fourth-order valence-corrected chi connectivity index (χ4v) is 1.72. The fourth-order valence-electron chi connectivity index (χ4n) is 1.59. The predicted octanol–water partition coefficient (Wildman–Crippen LogP) is 3.31. The Bertz CT molecular complexity index is 650. The summed E-state index contributed by atoms with van der Waals surface area (Å²) in [5, 5.41) is 14.4. The van der Waals surface area contributed by atoms with Crippen LogP contribution in [-0.2, 0) is 0 Å². The first-order valence-corrected chi connectivity index (χ1v) is 5.96. The highest BCUT2D eigenvalue weighted by molar-refractivity contribution is 6.30. The summed E-state index contributed by atoms with van der Waals surface area (Å²) in [6.07, 6.45) is 0. The average molecular weight is 273 g/mol. The Morgan fingerprint density at radius 2 is 1.53 bits per heavy atom. The number of ether oxygens (including phenoxy) is 1. The molecule has 94 valence electrons. The molecule has 19 heavy (non-hydrogen) atoms. The Morgan fingerprint density at radius 1 is 0.895 bits per heavy atom. The van der Waals surface area contributed by atoms with Gasteiger partial charge in [0.25, 0.3) is 0 Å². The third-order valence-electron chi connectivity index (χ3n) is 2.51. The number of benzene rings is 2. The van der Waals surface area contributed by atoms with E-state index in [2.05, 4.69) is 20.6 Å². The lowest BCUT2D eigenvalue weighted by molar-refractivity contribution is 0.483. The van der Waals surface area contributed by atoms with E-state index in [-0.39, 0.29) is 0 Å². The minimum absolute atomic E-state index is 0.554. The molecule has 0 radical (unpaired) electrons. The van der Waals surface area contributed by atoms with Crippen molar-refractivity contribution in [3.05, 3.63) is 53.6 Å². The second-order valence-electron chi connectivity index (χ2n) is 3.82. The average Bonchev–Trinajstić information content (AvgIpc) is 2.96. The van der Waals surface area contributed by atoms with Crippen LogP contribution in [0.15, 0.2) is 48.5 Å². The molecule has 1 N–H and O–H groups in total. The summed E-state index contributed by atoms with van der Waals surface area (Å²) in [5.74, 6) is 2.02. The summed E-state index contributed by atoms with van der Waals surface area (Å²) in [6.45, 7) is 0. The Balaban J connectivity index is 1.77. The Kier molecular flexibility index (Phi) is 3.12. The van der Waals surface area contributed by atoms with Crippen molar-refractivity contribution in [3.63, 3.8) is 0 Å². The number of hydrogen-bond acceptors (Lipinski definition) is 4. The van der Waals surface area contributed by atoms with Gasteiger partial charge in [0, 0.05) is 10.6 Å². The summed E-state index contributed by atoms with van der Waals surface area (Å²) in [5.41, 5.74) is 0.872. The molecule has 1 aromatic heterocycles. The lowest BCUT2D eigenvalue weighted by Gasteiger charge is -2.05. The first kappa shape index (κ1) is 11.7. The number of aromatic nitrogens is 4. The number of hydrogen-bond donors (Lipinski definition) is 1. The molecular weight excluding hydrogens is 264 g/mol. The molecule has 1 heterocycles. The van der Waals surface area contributed by atoms with Crippen LogP contribution < -0.4 is 4.74 Å². The molecular formula is C13H9ClN4O. The number of H-pyrrole nitrogens is 1. The molecule has 0 spiro atoms. The van der Waals surface area contributed by atoms with E-state index in [9.17, 15) is 0 Å². The maximum atomic E-state index is 5.81. The van der Waals surface area contributed by atoms with E-state index in [1.807, 2.05) is 36.4 Å². The lowest BCUT2D eigenvalue weighted by Crippen LogP contribution is -1.85. The molecule has 0 saturated carbocycles.